The predicted octanol–water partition coefficient (Wildman–Crippen LogP) is 1.60. The van der Waals surface area contributed by atoms with E-state index >= 15 is 0 Å². The number of hydrogen-bond acceptors (Lipinski definition) is 4. The van der Waals surface area contributed by atoms with Gasteiger partial charge in [0.1, 0.15) is 11.5 Å². The van der Waals surface area contributed by atoms with Crippen LogP contribution in [0.4, 0.5) is 0 Å². The number of aliphatic hydroxyl groups is 1. The maximum atomic E-state index is 11.8. The van der Waals surface area contributed by atoms with Crippen LogP contribution >= 0.6 is 0 Å². The molecule has 0 saturated carbocycles. The van der Waals surface area contributed by atoms with E-state index in [9.17, 15) is 9.90 Å². The molecule has 1 aromatic heterocycles. The van der Waals surface area contributed by atoms with E-state index in [4.69, 9.17) is 4.74 Å². The molecule has 0 bridgehead atoms. The van der Waals surface area contributed by atoms with Gasteiger partial charge in [-0.05, 0) is 20.3 Å². The van der Waals surface area contributed by atoms with E-state index in [1.54, 1.807) is 25.5 Å². The summed E-state index contributed by atoms with van der Waals surface area (Å²) in [6, 6.07) is 0. The Hall–Kier alpha value is -1.36. The van der Waals surface area contributed by atoms with Crippen LogP contribution in [0.15, 0.2) is 0 Å². The molecule has 0 aromatic carbocycles. The Balaban J connectivity index is 3.19. The van der Waals surface area contributed by atoms with Crippen molar-refractivity contribution in [1.82, 2.24) is 9.55 Å². The molecule has 17 heavy (non-hydrogen) atoms. The second-order valence-corrected chi connectivity index (χ2v) is 3.97. The maximum absolute atomic E-state index is 11.8. The SMILES string of the molecule is CCCc1nc(C(C)O)c(C(=O)OCC)n1C. The Bertz CT molecular complexity index is 397. The van der Waals surface area contributed by atoms with Crippen LogP contribution in [0.3, 0.4) is 0 Å². The van der Waals surface area contributed by atoms with Crippen molar-refractivity contribution >= 4 is 5.97 Å². The lowest BCUT2D eigenvalue weighted by Crippen LogP contribution is -2.14. The Morgan fingerprint density at radius 1 is 1.53 bits per heavy atom. The summed E-state index contributed by atoms with van der Waals surface area (Å²) in [6.45, 7) is 5.71. The van der Waals surface area contributed by atoms with E-state index in [1.165, 1.54) is 0 Å². The molecule has 0 radical (unpaired) electrons. The molecule has 0 aliphatic carbocycles. The minimum Gasteiger partial charge on any atom is -0.461 e. The Labute approximate surface area is 101 Å². The van der Waals surface area contributed by atoms with Crippen molar-refractivity contribution in [3.8, 4) is 0 Å². The third-order valence-corrected chi connectivity index (χ3v) is 2.55. The maximum Gasteiger partial charge on any atom is 0.357 e. The lowest BCUT2D eigenvalue weighted by Gasteiger charge is -2.07. The van der Waals surface area contributed by atoms with Crippen LogP contribution in [-0.2, 0) is 18.2 Å². The summed E-state index contributed by atoms with van der Waals surface area (Å²) >= 11 is 0. The zero-order valence-electron chi connectivity index (χ0n) is 10.9. The van der Waals surface area contributed by atoms with Gasteiger partial charge in [0, 0.05) is 13.5 Å². The highest BCUT2D eigenvalue weighted by molar-refractivity contribution is 5.89. The summed E-state index contributed by atoms with van der Waals surface area (Å²) in [5.74, 6) is 0.368. The summed E-state index contributed by atoms with van der Waals surface area (Å²) in [5, 5.41) is 9.64. The van der Waals surface area contributed by atoms with E-state index in [-0.39, 0.29) is 0 Å². The van der Waals surface area contributed by atoms with Crippen molar-refractivity contribution in [3.63, 3.8) is 0 Å². The molecule has 96 valence electrons. The number of rotatable bonds is 5. The highest BCUT2D eigenvalue weighted by Gasteiger charge is 2.24. The Kier molecular flexibility index (Phi) is 4.69. The lowest BCUT2D eigenvalue weighted by molar-refractivity contribution is 0.0507. The molecule has 0 fully saturated rings. The Morgan fingerprint density at radius 2 is 2.18 bits per heavy atom. The van der Waals surface area contributed by atoms with E-state index in [2.05, 4.69) is 4.98 Å². The number of esters is 1. The van der Waals surface area contributed by atoms with E-state index < -0.39 is 12.1 Å². The van der Waals surface area contributed by atoms with Gasteiger partial charge in [0.2, 0.25) is 0 Å². The van der Waals surface area contributed by atoms with Crippen LogP contribution in [0.1, 0.15) is 55.3 Å². The van der Waals surface area contributed by atoms with Gasteiger partial charge < -0.3 is 14.4 Å². The van der Waals surface area contributed by atoms with Crippen molar-refractivity contribution in [1.29, 1.82) is 0 Å². The number of ether oxygens (including phenoxy) is 1. The number of hydrogen-bond donors (Lipinski definition) is 1. The minimum atomic E-state index is -0.772. The number of aliphatic hydroxyl groups excluding tert-OH is 1. The van der Waals surface area contributed by atoms with Gasteiger partial charge in [-0.2, -0.15) is 0 Å². The molecule has 0 saturated heterocycles. The van der Waals surface area contributed by atoms with E-state index in [0.717, 1.165) is 18.7 Å². The van der Waals surface area contributed by atoms with Crippen LogP contribution in [0, 0.1) is 0 Å². The third-order valence-electron chi connectivity index (χ3n) is 2.55. The zero-order chi connectivity index (χ0) is 13.0. The molecule has 1 unspecified atom stereocenters. The van der Waals surface area contributed by atoms with Crippen LogP contribution < -0.4 is 0 Å². The fourth-order valence-corrected chi connectivity index (χ4v) is 1.75. The quantitative estimate of drug-likeness (QED) is 0.794. The van der Waals surface area contributed by atoms with Gasteiger partial charge >= 0.3 is 5.97 Å². The molecule has 5 heteroatoms. The van der Waals surface area contributed by atoms with Crippen molar-refractivity contribution in [2.75, 3.05) is 6.61 Å². The molecule has 0 aliphatic rings. The van der Waals surface area contributed by atoms with E-state index in [0.29, 0.717) is 18.0 Å². The summed E-state index contributed by atoms with van der Waals surface area (Å²) in [4.78, 5) is 16.1. The zero-order valence-corrected chi connectivity index (χ0v) is 10.9. The van der Waals surface area contributed by atoms with Crippen LogP contribution in [0.5, 0.6) is 0 Å². The highest BCUT2D eigenvalue weighted by Crippen LogP contribution is 2.19. The van der Waals surface area contributed by atoms with Crippen molar-refractivity contribution in [2.45, 2.75) is 39.7 Å². The molecule has 1 N–H and O–H groups in total. The average molecular weight is 240 g/mol. The molecular weight excluding hydrogens is 220 g/mol. The van der Waals surface area contributed by atoms with Gasteiger partial charge in [-0.15, -0.1) is 0 Å². The first-order valence-electron chi connectivity index (χ1n) is 5.93. The van der Waals surface area contributed by atoms with Crippen molar-refractivity contribution in [3.05, 3.63) is 17.2 Å². The van der Waals surface area contributed by atoms with E-state index in [1.807, 2.05) is 6.92 Å². The van der Waals surface area contributed by atoms with Crippen LogP contribution in [0.25, 0.3) is 0 Å². The van der Waals surface area contributed by atoms with Crippen LogP contribution in [0.2, 0.25) is 0 Å². The molecular formula is C12H20N2O3. The first-order valence-corrected chi connectivity index (χ1v) is 5.93. The monoisotopic (exact) mass is 240 g/mol. The second kappa shape index (κ2) is 5.82. The van der Waals surface area contributed by atoms with Crippen molar-refractivity contribution < 1.29 is 14.6 Å². The summed E-state index contributed by atoms with van der Waals surface area (Å²) in [7, 11) is 1.77. The number of imidazole rings is 1. The molecule has 1 heterocycles. The van der Waals surface area contributed by atoms with Gasteiger partial charge in [0.25, 0.3) is 0 Å². The van der Waals surface area contributed by atoms with Crippen molar-refractivity contribution in [2.24, 2.45) is 7.05 Å². The number of carbonyl (C=O) groups excluding carboxylic acids is 1. The smallest absolute Gasteiger partial charge is 0.357 e. The lowest BCUT2D eigenvalue weighted by atomic mass is 10.2. The average Bonchev–Trinajstić information content (AvgIpc) is 2.57. The molecule has 1 rings (SSSR count). The van der Waals surface area contributed by atoms with Gasteiger partial charge in [0.05, 0.1) is 12.7 Å². The van der Waals surface area contributed by atoms with Crippen LogP contribution in [-0.4, -0.2) is 27.2 Å². The molecule has 1 aromatic rings. The molecule has 5 nitrogen and oxygen atoms in total. The summed E-state index contributed by atoms with van der Waals surface area (Å²) in [5.41, 5.74) is 0.750. The third kappa shape index (κ3) is 2.85. The highest BCUT2D eigenvalue weighted by atomic mass is 16.5. The standard InChI is InChI=1S/C12H20N2O3/c1-5-7-9-13-10(8(3)15)11(14(9)4)12(16)17-6-2/h8,15H,5-7H2,1-4H3. The summed E-state index contributed by atoms with van der Waals surface area (Å²) < 4.78 is 6.69. The fraction of sp³-hybridized carbons (Fsp3) is 0.667. The number of nitrogens with zero attached hydrogens (tertiary/aromatic N) is 2. The largest absolute Gasteiger partial charge is 0.461 e. The normalized spacial score (nSPS) is 12.5. The van der Waals surface area contributed by atoms with Gasteiger partial charge in [-0.3, -0.25) is 0 Å². The van der Waals surface area contributed by atoms with Gasteiger partial charge in [-0.1, -0.05) is 6.92 Å². The second-order valence-electron chi connectivity index (χ2n) is 3.97. The molecule has 0 amide bonds. The predicted molar refractivity (Wildman–Crippen MR) is 63.8 cm³/mol. The number of aromatic nitrogens is 2. The summed E-state index contributed by atoms with van der Waals surface area (Å²) in [6.07, 6.45) is 0.938. The molecule has 0 spiro atoms. The van der Waals surface area contributed by atoms with Gasteiger partial charge in [-0.25, -0.2) is 9.78 Å². The topological polar surface area (TPSA) is 64.3 Å². The number of carbonyl (C=O) groups is 1. The molecule has 1 atom stereocenters. The van der Waals surface area contributed by atoms with Gasteiger partial charge in [0.15, 0.2) is 5.69 Å². The Morgan fingerprint density at radius 3 is 2.65 bits per heavy atom. The first kappa shape index (κ1) is 13.7. The fourth-order valence-electron chi connectivity index (χ4n) is 1.75. The number of aryl methyl sites for hydroxylation is 1. The minimum absolute atomic E-state index is 0.312. The molecule has 0 aliphatic heterocycles. The first-order chi connectivity index (χ1) is 8.02.